The summed E-state index contributed by atoms with van der Waals surface area (Å²) in [7, 11) is -3.66. The fourth-order valence-corrected chi connectivity index (χ4v) is 3.47. The van der Waals surface area contributed by atoms with Crippen molar-refractivity contribution in [3.05, 3.63) is 41.3 Å². The van der Waals surface area contributed by atoms with Crippen LogP contribution in [0.4, 0.5) is 5.69 Å². The molecule has 5 nitrogen and oxygen atoms in total. The zero-order valence-corrected chi connectivity index (χ0v) is 13.7. The lowest BCUT2D eigenvalue weighted by molar-refractivity contribution is 0.597. The van der Waals surface area contributed by atoms with Crippen LogP contribution >= 0.6 is 0 Å². The minimum atomic E-state index is -3.66. The highest BCUT2D eigenvalue weighted by atomic mass is 32.2. The number of para-hydroxylation sites is 1. The van der Waals surface area contributed by atoms with Crippen LogP contribution in [0.25, 0.3) is 0 Å². The number of sulfonamides is 1. The lowest BCUT2D eigenvalue weighted by Crippen LogP contribution is -2.15. The van der Waals surface area contributed by atoms with Crippen molar-refractivity contribution in [2.24, 2.45) is 0 Å². The Morgan fingerprint density at radius 3 is 2.52 bits per heavy atom. The Morgan fingerprint density at radius 1 is 1.24 bits per heavy atom. The van der Waals surface area contributed by atoms with Crippen molar-refractivity contribution in [1.29, 1.82) is 0 Å². The van der Waals surface area contributed by atoms with Gasteiger partial charge in [0, 0.05) is 12.7 Å². The molecular weight excluding hydrogens is 286 g/mol. The second-order valence-electron chi connectivity index (χ2n) is 4.98. The van der Waals surface area contributed by atoms with E-state index >= 15 is 0 Å². The van der Waals surface area contributed by atoms with Crippen molar-refractivity contribution in [1.82, 2.24) is 9.55 Å². The van der Waals surface area contributed by atoms with E-state index in [1.165, 1.54) is 0 Å². The molecule has 0 spiro atoms. The lowest BCUT2D eigenvalue weighted by atomic mass is 10.1. The molecule has 1 aromatic carbocycles. The molecule has 0 unspecified atom stereocenters. The van der Waals surface area contributed by atoms with Gasteiger partial charge in [-0.2, -0.15) is 8.42 Å². The molecule has 0 aliphatic heterocycles. The Hall–Kier alpha value is -1.82. The molecule has 0 saturated heterocycles. The number of benzene rings is 1. The molecule has 1 heterocycles. The molecule has 6 heteroatoms. The van der Waals surface area contributed by atoms with Crippen LogP contribution in [0.3, 0.4) is 0 Å². The highest BCUT2D eigenvalue weighted by Gasteiger charge is 2.20. The molecule has 0 fully saturated rings. The summed E-state index contributed by atoms with van der Waals surface area (Å²) in [4.78, 5) is 4.15. The van der Waals surface area contributed by atoms with E-state index in [0.29, 0.717) is 18.1 Å². The van der Waals surface area contributed by atoms with Gasteiger partial charge in [0.15, 0.2) is 5.03 Å². The third-order valence-corrected chi connectivity index (χ3v) is 4.77. The molecule has 0 aliphatic carbocycles. The van der Waals surface area contributed by atoms with Crippen molar-refractivity contribution < 1.29 is 8.42 Å². The van der Waals surface area contributed by atoms with Gasteiger partial charge in [-0.1, -0.05) is 25.1 Å². The van der Waals surface area contributed by atoms with Crippen LogP contribution in [0, 0.1) is 13.8 Å². The summed E-state index contributed by atoms with van der Waals surface area (Å²) in [6.07, 6.45) is 2.34. The number of hydrogen-bond donors (Lipinski definition) is 1. The molecule has 2 aromatic rings. The number of aromatic nitrogens is 2. The minimum Gasteiger partial charge on any atom is -0.334 e. The van der Waals surface area contributed by atoms with Crippen molar-refractivity contribution in [2.75, 3.05) is 4.72 Å². The third-order valence-electron chi connectivity index (χ3n) is 3.55. The summed E-state index contributed by atoms with van der Waals surface area (Å²) in [5.74, 6) is 0.693. The van der Waals surface area contributed by atoms with Gasteiger partial charge in [0.2, 0.25) is 0 Å². The first-order valence-corrected chi connectivity index (χ1v) is 8.52. The molecule has 1 N–H and O–H groups in total. The van der Waals surface area contributed by atoms with Crippen LogP contribution < -0.4 is 4.72 Å². The van der Waals surface area contributed by atoms with Gasteiger partial charge in [-0.25, -0.2) is 4.98 Å². The van der Waals surface area contributed by atoms with E-state index in [-0.39, 0.29) is 5.03 Å². The van der Waals surface area contributed by atoms with Crippen molar-refractivity contribution in [3.63, 3.8) is 0 Å². The van der Waals surface area contributed by atoms with Gasteiger partial charge in [0.05, 0.1) is 5.69 Å². The Morgan fingerprint density at radius 2 is 1.95 bits per heavy atom. The lowest BCUT2D eigenvalue weighted by Gasteiger charge is -2.13. The number of hydrogen-bond acceptors (Lipinski definition) is 3. The molecule has 114 valence electrons. The summed E-state index contributed by atoms with van der Waals surface area (Å²) < 4.78 is 29.5. The minimum absolute atomic E-state index is 0.0622. The van der Waals surface area contributed by atoms with Crippen LogP contribution in [0.5, 0.6) is 0 Å². The molecule has 0 amide bonds. The first-order chi connectivity index (χ1) is 9.89. The van der Waals surface area contributed by atoms with Crippen LogP contribution in [0.15, 0.2) is 29.4 Å². The SMILES string of the molecule is CCc1cccc(C)c1NS(=O)(=O)c1cn(CC)c(C)n1. The Kier molecular flexibility index (Phi) is 4.37. The standard InChI is InChI=1S/C15H21N3O2S/c1-5-13-9-7-8-11(3)15(13)17-21(19,20)14-10-18(6-2)12(4)16-14/h7-10,17H,5-6H2,1-4H3. The molecule has 0 bridgehead atoms. The van der Waals surface area contributed by atoms with Crippen LogP contribution in [-0.2, 0) is 23.0 Å². The Labute approximate surface area is 126 Å². The number of aryl methyl sites for hydroxylation is 4. The van der Waals surface area contributed by atoms with E-state index < -0.39 is 10.0 Å². The van der Waals surface area contributed by atoms with Gasteiger partial charge in [0.1, 0.15) is 5.82 Å². The second kappa shape index (κ2) is 5.89. The van der Waals surface area contributed by atoms with Crippen molar-refractivity contribution in [3.8, 4) is 0 Å². The molecule has 0 saturated carbocycles. The highest BCUT2D eigenvalue weighted by molar-refractivity contribution is 7.92. The normalized spacial score (nSPS) is 11.6. The summed E-state index contributed by atoms with van der Waals surface area (Å²) in [5, 5.41) is 0.0622. The smallest absolute Gasteiger partial charge is 0.280 e. The fourth-order valence-electron chi connectivity index (χ4n) is 2.28. The molecule has 0 aliphatic rings. The number of nitrogens with one attached hydrogen (secondary N) is 1. The molecule has 1 aromatic heterocycles. The third kappa shape index (κ3) is 3.10. The highest BCUT2D eigenvalue weighted by Crippen LogP contribution is 2.24. The van der Waals surface area contributed by atoms with Crippen LogP contribution in [-0.4, -0.2) is 18.0 Å². The monoisotopic (exact) mass is 307 g/mol. The van der Waals surface area contributed by atoms with Crippen molar-refractivity contribution in [2.45, 2.75) is 45.7 Å². The maximum atomic E-state index is 12.5. The molecule has 0 radical (unpaired) electrons. The average Bonchev–Trinajstić information content (AvgIpc) is 2.83. The maximum absolute atomic E-state index is 12.5. The topological polar surface area (TPSA) is 64.0 Å². The first-order valence-electron chi connectivity index (χ1n) is 7.04. The van der Waals surface area contributed by atoms with Gasteiger partial charge in [0.25, 0.3) is 10.0 Å². The van der Waals surface area contributed by atoms with Gasteiger partial charge < -0.3 is 4.57 Å². The molecular formula is C15H21N3O2S. The van der Waals surface area contributed by atoms with Gasteiger partial charge in [-0.3, -0.25) is 4.72 Å². The fraction of sp³-hybridized carbons (Fsp3) is 0.400. The molecule has 2 rings (SSSR count). The van der Waals surface area contributed by atoms with Gasteiger partial charge in [-0.05, 0) is 38.3 Å². The number of rotatable bonds is 5. The van der Waals surface area contributed by atoms with Crippen LogP contribution in [0.2, 0.25) is 0 Å². The summed E-state index contributed by atoms with van der Waals surface area (Å²) in [5.41, 5.74) is 2.54. The Balaban J connectivity index is 2.42. The number of nitrogens with zero attached hydrogens (tertiary/aromatic N) is 2. The Bertz CT molecular complexity index is 748. The van der Waals surface area contributed by atoms with E-state index in [0.717, 1.165) is 17.5 Å². The number of anilines is 1. The quantitative estimate of drug-likeness (QED) is 0.923. The van der Waals surface area contributed by atoms with Crippen molar-refractivity contribution >= 4 is 15.7 Å². The summed E-state index contributed by atoms with van der Waals surface area (Å²) in [6, 6.07) is 5.76. The number of imidazole rings is 1. The predicted molar refractivity (Wildman–Crippen MR) is 84.0 cm³/mol. The average molecular weight is 307 g/mol. The van der Waals surface area contributed by atoms with E-state index in [1.54, 1.807) is 13.1 Å². The largest absolute Gasteiger partial charge is 0.334 e. The van der Waals surface area contributed by atoms with Gasteiger partial charge >= 0.3 is 0 Å². The molecule has 0 atom stereocenters. The second-order valence-corrected chi connectivity index (χ2v) is 6.61. The summed E-state index contributed by atoms with van der Waals surface area (Å²) in [6.45, 7) is 8.34. The van der Waals surface area contributed by atoms with E-state index in [9.17, 15) is 8.42 Å². The predicted octanol–water partition coefficient (Wildman–Crippen LogP) is 2.88. The van der Waals surface area contributed by atoms with E-state index in [4.69, 9.17) is 0 Å². The van der Waals surface area contributed by atoms with Gasteiger partial charge in [-0.15, -0.1) is 0 Å². The van der Waals surface area contributed by atoms with E-state index in [2.05, 4.69) is 9.71 Å². The first kappa shape index (κ1) is 15.6. The zero-order chi connectivity index (χ0) is 15.6. The summed E-state index contributed by atoms with van der Waals surface area (Å²) >= 11 is 0. The zero-order valence-electron chi connectivity index (χ0n) is 12.8. The van der Waals surface area contributed by atoms with Crippen LogP contribution in [0.1, 0.15) is 30.8 Å². The maximum Gasteiger partial charge on any atom is 0.280 e. The molecule has 21 heavy (non-hydrogen) atoms. The van der Waals surface area contributed by atoms with E-state index in [1.807, 2.05) is 43.5 Å².